The van der Waals surface area contributed by atoms with E-state index in [1.807, 2.05) is 0 Å². The third-order valence-corrected chi connectivity index (χ3v) is 5.61. The van der Waals surface area contributed by atoms with Crippen LogP contribution in [-0.4, -0.2) is 71.7 Å². The number of likely N-dealkylation sites (tertiary alicyclic amines) is 1. The Labute approximate surface area is 168 Å². The van der Waals surface area contributed by atoms with E-state index in [1.54, 1.807) is 14.7 Å². The largest absolute Gasteiger partial charge is 0.339 e. The molecule has 150 valence electrons. The van der Waals surface area contributed by atoms with Crippen molar-refractivity contribution in [2.24, 2.45) is 5.92 Å². The van der Waals surface area contributed by atoms with Crippen LogP contribution in [0.2, 0.25) is 5.02 Å². The number of amides is 3. The summed E-state index contributed by atoms with van der Waals surface area (Å²) in [6.07, 6.45) is 2.56. The number of rotatable bonds is 3. The Morgan fingerprint density at radius 1 is 1.00 bits per heavy atom. The number of piperazine rings is 1. The molecule has 0 spiro atoms. The van der Waals surface area contributed by atoms with E-state index in [0.717, 1.165) is 6.07 Å². The smallest absolute Gasteiger partial charge is 0.256 e. The lowest BCUT2D eigenvalue weighted by atomic mass is 9.95. The highest BCUT2D eigenvalue weighted by Gasteiger charge is 2.32. The number of piperidine rings is 1. The van der Waals surface area contributed by atoms with Gasteiger partial charge < -0.3 is 14.7 Å². The first kappa shape index (κ1) is 20.3. The van der Waals surface area contributed by atoms with Crippen LogP contribution in [0.1, 0.15) is 23.2 Å². The highest BCUT2D eigenvalue weighted by atomic mass is 35.5. The maximum absolute atomic E-state index is 14.0. The van der Waals surface area contributed by atoms with Crippen LogP contribution in [-0.2, 0) is 9.59 Å². The van der Waals surface area contributed by atoms with Gasteiger partial charge in [-0.2, -0.15) is 0 Å². The van der Waals surface area contributed by atoms with E-state index in [2.05, 4.69) is 6.58 Å². The van der Waals surface area contributed by atoms with Gasteiger partial charge in [0.15, 0.2) is 0 Å². The number of nitrogens with zero attached hydrogens (tertiary/aromatic N) is 3. The van der Waals surface area contributed by atoms with Gasteiger partial charge in [0.1, 0.15) is 5.82 Å². The Kier molecular flexibility index (Phi) is 6.34. The van der Waals surface area contributed by atoms with Crippen LogP contribution in [0.25, 0.3) is 0 Å². The molecule has 1 aromatic rings. The Morgan fingerprint density at radius 2 is 1.61 bits per heavy atom. The Balaban J connectivity index is 1.52. The van der Waals surface area contributed by atoms with E-state index in [-0.39, 0.29) is 28.3 Å². The van der Waals surface area contributed by atoms with E-state index in [4.69, 9.17) is 11.6 Å². The van der Waals surface area contributed by atoms with Gasteiger partial charge in [-0.3, -0.25) is 14.4 Å². The molecule has 2 fully saturated rings. The van der Waals surface area contributed by atoms with Gasteiger partial charge >= 0.3 is 0 Å². The molecule has 6 nitrogen and oxygen atoms in total. The predicted molar refractivity (Wildman–Crippen MR) is 103 cm³/mol. The molecular formula is C20H23ClFN3O3. The van der Waals surface area contributed by atoms with Crippen molar-refractivity contribution in [3.63, 3.8) is 0 Å². The molecule has 3 amide bonds. The van der Waals surface area contributed by atoms with Gasteiger partial charge in [0.25, 0.3) is 5.91 Å². The number of hydrogen-bond acceptors (Lipinski definition) is 3. The Hall–Kier alpha value is -2.41. The van der Waals surface area contributed by atoms with Crippen molar-refractivity contribution in [3.05, 3.63) is 47.3 Å². The third-order valence-electron chi connectivity index (χ3n) is 5.37. The number of carbonyl (C=O) groups excluding carboxylic acids is 3. The second kappa shape index (κ2) is 8.73. The summed E-state index contributed by atoms with van der Waals surface area (Å²) in [5, 5.41) is 0.241. The summed E-state index contributed by atoms with van der Waals surface area (Å²) in [5.74, 6) is -1.18. The maximum atomic E-state index is 14.0. The second-order valence-corrected chi connectivity index (χ2v) is 7.48. The van der Waals surface area contributed by atoms with Crippen molar-refractivity contribution in [2.75, 3.05) is 39.3 Å². The topological polar surface area (TPSA) is 60.9 Å². The minimum absolute atomic E-state index is 0.0107. The SMILES string of the molecule is C=CC(=O)N1CCC(C(=O)N2CCN(C(=O)c3ccc(Cl)cc3F)CC2)CC1. The highest BCUT2D eigenvalue weighted by molar-refractivity contribution is 6.30. The molecule has 0 atom stereocenters. The average Bonchev–Trinajstić information content (AvgIpc) is 2.72. The molecule has 3 rings (SSSR count). The summed E-state index contributed by atoms with van der Waals surface area (Å²) in [6.45, 7) is 6.16. The normalized spacial score (nSPS) is 18.1. The Morgan fingerprint density at radius 3 is 2.18 bits per heavy atom. The first-order valence-corrected chi connectivity index (χ1v) is 9.73. The molecule has 0 aromatic heterocycles. The van der Waals surface area contributed by atoms with E-state index in [9.17, 15) is 18.8 Å². The van der Waals surface area contributed by atoms with Gasteiger partial charge in [0.2, 0.25) is 11.8 Å². The molecule has 28 heavy (non-hydrogen) atoms. The van der Waals surface area contributed by atoms with Crippen LogP contribution in [0.3, 0.4) is 0 Å². The fourth-order valence-electron chi connectivity index (χ4n) is 3.70. The van der Waals surface area contributed by atoms with Crippen molar-refractivity contribution in [1.29, 1.82) is 0 Å². The molecule has 2 heterocycles. The molecule has 2 aliphatic heterocycles. The van der Waals surface area contributed by atoms with Crippen molar-refractivity contribution >= 4 is 29.3 Å². The fraction of sp³-hybridized carbons (Fsp3) is 0.450. The molecule has 0 N–H and O–H groups in total. The summed E-state index contributed by atoms with van der Waals surface area (Å²) in [6, 6.07) is 4.00. The first-order valence-electron chi connectivity index (χ1n) is 9.35. The Bertz CT molecular complexity index is 785. The van der Waals surface area contributed by atoms with Gasteiger partial charge in [0, 0.05) is 50.2 Å². The third kappa shape index (κ3) is 4.35. The zero-order chi connectivity index (χ0) is 20.3. The second-order valence-electron chi connectivity index (χ2n) is 7.05. The van der Waals surface area contributed by atoms with Gasteiger partial charge in [0.05, 0.1) is 5.56 Å². The van der Waals surface area contributed by atoms with Crippen LogP contribution >= 0.6 is 11.6 Å². The van der Waals surface area contributed by atoms with E-state index in [1.165, 1.54) is 18.2 Å². The monoisotopic (exact) mass is 407 g/mol. The molecule has 0 unspecified atom stereocenters. The van der Waals surface area contributed by atoms with Crippen molar-refractivity contribution < 1.29 is 18.8 Å². The minimum atomic E-state index is -0.642. The quantitative estimate of drug-likeness (QED) is 0.721. The van der Waals surface area contributed by atoms with Crippen LogP contribution in [0.4, 0.5) is 4.39 Å². The predicted octanol–water partition coefficient (Wildman–Crippen LogP) is 2.19. The molecule has 0 saturated carbocycles. The lowest BCUT2D eigenvalue weighted by Gasteiger charge is -2.38. The maximum Gasteiger partial charge on any atom is 0.256 e. The summed E-state index contributed by atoms with van der Waals surface area (Å²) in [4.78, 5) is 42.0. The molecule has 2 aliphatic rings. The van der Waals surface area contributed by atoms with E-state index >= 15 is 0 Å². The lowest BCUT2D eigenvalue weighted by molar-refractivity contribution is -0.140. The van der Waals surface area contributed by atoms with Crippen molar-refractivity contribution in [1.82, 2.24) is 14.7 Å². The molecule has 0 radical (unpaired) electrons. The lowest BCUT2D eigenvalue weighted by Crippen LogP contribution is -2.53. The van der Waals surface area contributed by atoms with Gasteiger partial charge in [-0.05, 0) is 37.1 Å². The van der Waals surface area contributed by atoms with Gasteiger partial charge in [-0.15, -0.1) is 0 Å². The molecular weight excluding hydrogens is 385 g/mol. The van der Waals surface area contributed by atoms with Gasteiger partial charge in [-0.25, -0.2) is 4.39 Å². The number of halogens is 2. The molecule has 0 aliphatic carbocycles. The average molecular weight is 408 g/mol. The molecule has 1 aromatic carbocycles. The number of hydrogen-bond donors (Lipinski definition) is 0. The van der Waals surface area contributed by atoms with Crippen LogP contribution < -0.4 is 0 Å². The minimum Gasteiger partial charge on any atom is -0.339 e. The summed E-state index contributed by atoms with van der Waals surface area (Å²) in [5.41, 5.74) is -0.0107. The van der Waals surface area contributed by atoms with Crippen molar-refractivity contribution in [3.8, 4) is 0 Å². The molecule has 2 saturated heterocycles. The summed E-state index contributed by atoms with van der Waals surface area (Å²) >= 11 is 5.73. The highest BCUT2D eigenvalue weighted by Crippen LogP contribution is 2.22. The number of carbonyl (C=O) groups is 3. The van der Waals surface area contributed by atoms with E-state index in [0.29, 0.717) is 52.1 Å². The van der Waals surface area contributed by atoms with Crippen LogP contribution in [0, 0.1) is 11.7 Å². The zero-order valence-electron chi connectivity index (χ0n) is 15.6. The summed E-state index contributed by atoms with van der Waals surface area (Å²) < 4.78 is 14.0. The van der Waals surface area contributed by atoms with Crippen LogP contribution in [0.5, 0.6) is 0 Å². The van der Waals surface area contributed by atoms with Crippen molar-refractivity contribution in [2.45, 2.75) is 12.8 Å². The summed E-state index contributed by atoms with van der Waals surface area (Å²) in [7, 11) is 0. The molecule has 8 heteroatoms. The van der Waals surface area contributed by atoms with Gasteiger partial charge in [-0.1, -0.05) is 18.2 Å². The standard InChI is InChI=1S/C20H23ClFN3O3/c1-2-18(26)23-7-5-14(6-8-23)19(27)24-9-11-25(12-10-24)20(28)16-4-3-15(21)13-17(16)22/h2-4,13-14H,1,5-12H2. The molecule has 0 bridgehead atoms. The zero-order valence-corrected chi connectivity index (χ0v) is 16.3. The van der Waals surface area contributed by atoms with Crippen LogP contribution in [0.15, 0.2) is 30.9 Å². The van der Waals surface area contributed by atoms with E-state index < -0.39 is 11.7 Å². The first-order chi connectivity index (χ1) is 13.4. The number of benzene rings is 1. The fourth-order valence-corrected chi connectivity index (χ4v) is 3.86.